The first-order valence-electron chi connectivity index (χ1n) is 17.5. The fourth-order valence-electron chi connectivity index (χ4n) is 6.13. The number of nitrogens with zero attached hydrogens (tertiary/aromatic N) is 5. The van der Waals surface area contributed by atoms with Gasteiger partial charge in [-0.3, -0.25) is 19.3 Å². The number of fused-ring (bicyclic) bond motifs is 1. The van der Waals surface area contributed by atoms with Crippen molar-refractivity contribution in [3.63, 3.8) is 0 Å². The summed E-state index contributed by atoms with van der Waals surface area (Å²) >= 11 is 0. The average Bonchev–Trinajstić information content (AvgIpc) is 3.51. The van der Waals surface area contributed by atoms with Gasteiger partial charge in [0.05, 0.1) is 30.2 Å². The average molecular weight is 740 g/mol. The van der Waals surface area contributed by atoms with Crippen molar-refractivity contribution in [2.75, 3.05) is 63.2 Å². The second-order valence-electron chi connectivity index (χ2n) is 13.0. The largest absolute Gasteiger partial charge is 0.512 e. The second kappa shape index (κ2) is 19.2. The predicted molar refractivity (Wildman–Crippen MR) is 207 cm³/mol. The van der Waals surface area contributed by atoms with E-state index in [-0.39, 0.29) is 48.7 Å². The summed E-state index contributed by atoms with van der Waals surface area (Å²) in [5.41, 5.74) is 15.4. The number of aromatic nitrogens is 3. The third-order valence-corrected chi connectivity index (χ3v) is 11.1. The van der Waals surface area contributed by atoms with Gasteiger partial charge in [-0.15, -0.1) is 0 Å². The summed E-state index contributed by atoms with van der Waals surface area (Å²) in [5.74, 6) is 3.79. The number of carboxylic acids is 1. The normalized spacial score (nSPS) is 15.2. The topological polar surface area (TPSA) is 214 Å². The fourth-order valence-corrected chi connectivity index (χ4v) is 7.74. The molecule has 2 amide bonds. The summed E-state index contributed by atoms with van der Waals surface area (Å²) in [4.78, 5) is 49.6. The molecule has 0 bridgehead atoms. The van der Waals surface area contributed by atoms with Gasteiger partial charge in [-0.2, -0.15) is 15.5 Å². The van der Waals surface area contributed by atoms with Crippen LogP contribution in [0.15, 0.2) is 42.8 Å². The van der Waals surface area contributed by atoms with E-state index in [2.05, 4.69) is 67.6 Å². The Morgan fingerprint density at radius 2 is 1.83 bits per heavy atom. The molecule has 3 atom stereocenters. The Balaban J connectivity index is 1.25. The molecule has 3 aromatic rings. The number of aliphatic hydroxyl groups is 1. The number of methoxy groups -OCH3 is 1. The Hall–Kier alpha value is -4.67. The zero-order valence-corrected chi connectivity index (χ0v) is 31.0. The van der Waals surface area contributed by atoms with Crippen molar-refractivity contribution in [3.8, 4) is 5.75 Å². The van der Waals surface area contributed by atoms with Gasteiger partial charge in [0.25, 0.3) is 0 Å². The third kappa shape index (κ3) is 11.2. The molecule has 0 aliphatic carbocycles. The van der Waals surface area contributed by atoms with Crippen molar-refractivity contribution in [2.24, 2.45) is 5.73 Å². The molecule has 0 spiro atoms. The van der Waals surface area contributed by atoms with Crippen LogP contribution in [0.1, 0.15) is 50.2 Å². The molecule has 284 valence electrons. The first-order chi connectivity index (χ1) is 24.9. The number of benzene rings is 1. The minimum absolute atomic E-state index is 0.00701. The maximum Gasteiger partial charge on any atom is 0.321 e. The molecule has 1 saturated heterocycles. The van der Waals surface area contributed by atoms with Crippen molar-refractivity contribution >= 4 is 56.9 Å². The minimum atomic E-state index is -1.18. The van der Waals surface area contributed by atoms with Crippen molar-refractivity contribution in [1.29, 1.82) is 0 Å². The fraction of sp³-hybridized carbons (Fsp3) is 0.500. The molecule has 0 radical (unpaired) electrons. The molecule has 4 rings (SSSR count). The Morgan fingerprint density at radius 1 is 1.08 bits per heavy atom. The van der Waals surface area contributed by atoms with Gasteiger partial charge in [-0.05, 0) is 24.1 Å². The van der Waals surface area contributed by atoms with Crippen molar-refractivity contribution in [3.05, 3.63) is 53.9 Å². The zero-order valence-electron chi connectivity index (χ0n) is 30.2. The van der Waals surface area contributed by atoms with E-state index in [9.17, 15) is 19.5 Å². The number of aliphatic hydroxyl groups excluding tert-OH is 1. The predicted octanol–water partition coefficient (Wildman–Crippen LogP) is 2.77. The van der Waals surface area contributed by atoms with Crippen molar-refractivity contribution < 1.29 is 29.3 Å². The molecule has 0 saturated carbocycles. The molecule has 1 unspecified atom stereocenters. The van der Waals surface area contributed by atoms with Crippen LogP contribution in [0.4, 0.5) is 11.8 Å². The Labute approximate surface area is 307 Å². The lowest BCUT2D eigenvalue weighted by Crippen LogP contribution is -2.48. The number of anilines is 2. The number of hydrogen-bond donors (Lipinski definition) is 6. The van der Waals surface area contributed by atoms with Gasteiger partial charge in [0, 0.05) is 76.2 Å². The summed E-state index contributed by atoms with van der Waals surface area (Å²) in [7, 11) is 0.744. The van der Waals surface area contributed by atoms with Gasteiger partial charge in [0.1, 0.15) is 17.3 Å². The molecule has 1 fully saturated rings. The lowest BCUT2D eigenvalue weighted by Gasteiger charge is -2.35. The van der Waals surface area contributed by atoms with E-state index in [0.717, 1.165) is 59.5 Å². The van der Waals surface area contributed by atoms with Crippen LogP contribution in [-0.4, -0.2) is 122 Å². The number of unbranched alkanes of at least 4 members (excludes halogenated alkanes) is 2. The molecule has 3 heterocycles. The van der Waals surface area contributed by atoms with E-state index in [1.54, 1.807) is 12.0 Å². The van der Waals surface area contributed by atoms with Crippen LogP contribution in [0.5, 0.6) is 5.75 Å². The number of hydrogen-bond acceptors (Lipinski definition) is 11. The molecule has 52 heavy (non-hydrogen) atoms. The Morgan fingerprint density at radius 3 is 2.50 bits per heavy atom. The van der Waals surface area contributed by atoms with E-state index in [4.69, 9.17) is 21.3 Å². The number of rotatable bonds is 20. The van der Waals surface area contributed by atoms with E-state index in [1.807, 2.05) is 12.3 Å². The smallest absolute Gasteiger partial charge is 0.321 e. The Kier molecular flexibility index (Phi) is 14.8. The van der Waals surface area contributed by atoms with Crippen molar-refractivity contribution in [2.45, 2.75) is 63.4 Å². The number of aliphatic carboxylic acids is 1. The molecule has 2 aromatic heterocycles. The standard InChI is InChI=1S/C36H53N9O6S/c1-5-6-7-12-40-34-33-28(41-36(38)42-34)11-14-45(33)22-26-9-8-25(19-29(26)51-3)21-43-15-17-44(18-16-43)32(48)10-13-39-31(47)20-30(24(2)46)52(4)23-27(37)35(49)50/h8-9,11,14,19,27,30,46H,2,4-7,10,12-13,15-18,20-23,37H2,1,3H3,(H,39,47)(H,49,50)(H3,38,40,41,42)/t27-,30-,52?/m0/s1. The molecule has 15 nitrogen and oxygen atoms in total. The number of amides is 2. The highest BCUT2D eigenvalue weighted by Crippen LogP contribution is 2.28. The van der Waals surface area contributed by atoms with Crippen LogP contribution in [0.25, 0.3) is 11.0 Å². The van der Waals surface area contributed by atoms with Gasteiger partial charge >= 0.3 is 5.97 Å². The number of ether oxygens (including phenoxy) is 1. The van der Waals surface area contributed by atoms with Gasteiger partial charge in [0.15, 0.2) is 5.82 Å². The summed E-state index contributed by atoms with van der Waals surface area (Å²) in [6.45, 7) is 10.5. The van der Waals surface area contributed by atoms with Crippen LogP contribution in [-0.2, 0) is 27.5 Å². The monoisotopic (exact) mass is 739 g/mol. The van der Waals surface area contributed by atoms with Gasteiger partial charge < -0.3 is 46.5 Å². The first-order valence-corrected chi connectivity index (χ1v) is 19.2. The number of nitrogens with one attached hydrogen (secondary N) is 2. The van der Waals surface area contributed by atoms with Crippen LogP contribution in [0.2, 0.25) is 0 Å². The van der Waals surface area contributed by atoms with E-state index in [0.29, 0.717) is 39.3 Å². The van der Waals surface area contributed by atoms with Gasteiger partial charge in [-0.1, -0.05) is 44.3 Å². The van der Waals surface area contributed by atoms with Crippen LogP contribution >= 0.6 is 10.5 Å². The molecule has 8 N–H and O–H groups in total. The lowest BCUT2D eigenvalue weighted by atomic mass is 10.1. The van der Waals surface area contributed by atoms with Gasteiger partial charge in [0.2, 0.25) is 17.8 Å². The summed E-state index contributed by atoms with van der Waals surface area (Å²) in [5, 5.41) is 24.5. The minimum Gasteiger partial charge on any atom is -0.512 e. The first kappa shape index (κ1) is 40.1. The summed E-state index contributed by atoms with van der Waals surface area (Å²) in [6, 6.07) is 7.05. The molecule has 1 aliphatic rings. The lowest BCUT2D eigenvalue weighted by molar-refractivity contribution is -0.138. The van der Waals surface area contributed by atoms with Gasteiger partial charge in [-0.25, -0.2) is 4.98 Å². The van der Waals surface area contributed by atoms with Crippen molar-refractivity contribution in [1.82, 2.24) is 29.7 Å². The third-order valence-electron chi connectivity index (χ3n) is 9.04. The zero-order chi connectivity index (χ0) is 37.8. The number of carboxylic acid groups (broad SMARTS) is 1. The second-order valence-corrected chi connectivity index (χ2v) is 15.0. The number of nitrogens with two attached hydrogens (primary N) is 2. The molecule has 1 aliphatic heterocycles. The highest BCUT2D eigenvalue weighted by molar-refractivity contribution is 8.14. The number of nitrogen functional groups attached to an aromatic ring is 1. The molecule has 16 heteroatoms. The summed E-state index contributed by atoms with van der Waals surface area (Å²) in [6.07, 6.45) is 5.32. The van der Waals surface area contributed by atoms with E-state index in [1.165, 1.54) is 0 Å². The van der Waals surface area contributed by atoms with Crippen LogP contribution in [0, 0.1) is 0 Å². The molecular weight excluding hydrogens is 687 g/mol. The highest BCUT2D eigenvalue weighted by Gasteiger charge is 2.24. The van der Waals surface area contributed by atoms with Crippen LogP contribution in [0.3, 0.4) is 0 Å². The maximum atomic E-state index is 12.9. The quantitative estimate of drug-likeness (QED) is 0.0561. The maximum absolute atomic E-state index is 12.9. The molecule has 1 aromatic carbocycles. The number of carbonyl (C=O) groups excluding carboxylic acids is 2. The SMILES string of the molecule is C=C(O)[C@H](CC(=O)NCCC(=O)N1CCN(Cc2ccc(Cn3ccc4nc(N)nc(NCCCCC)c43)c(OC)c2)CC1)S(=C)C[C@H](N)C(=O)O. The molecular formula is C36H53N9O6S. The number of piperazine rings is 1. The van der Waals surface area contributed by atoms with E-state index >= 15 is 0 Å². The Bertz CT molecular complexity index is 1740. The highest BCUT2D eigenvalue weighted by atomic mass is 32.2. The van der Waals surface area contributed by atoms with E-state index < -0.39 is 27.7 Å². The summed E-state index contributed by atoms with van der Waals surface area (Å²) < 4.78 is 7.93. The van der Waals surface area contributed by atoms with Crippen LogP contribution < -0.4 is 26.8 Å². The number of carbonyl (C=O) groups is 3.